The van der Waals surface area contributed by atoms with Crippen molar-refractivity contribution in [2.24, 2.45) is 0 Å². The van der Waals surface area contributed by atoms with Crippen LogP contribution in [0.1, 0.15) is 0 Å². The summed E-state index contributed by atoms with van der Waals surface area (Å²) in [6.45, 7) is 0. The summed E-state index contributed by atoms with van der Waals surface area (Å²) in [6.07, 6.45) is 0. The predicted octanol–water partition coefficient (Wildman–Crippen LogP) is 4.19. The lowest BCUT2D eigenvalue weighted by atomic mass is 9.94. The van der Waals surface area contributed by atoms with Crippen molar-refractivity contribution >= 4 is 21.5 Å². The van der Waals surface area contributed by atoms with Gasteiger partial charge in [0, 0.05) is 5.39 Å². The smallest absolute Gasteiger partial charge is 0.205 e. The normalized spacial score (nSPS) is 11.2. The maximum absolute atomic E-state index is 10.3. The van der Waals surface area contributed by atoms with Gasteiger partial charge in [0.25, 0.3) is 0 Å². The average Bonchev–Trinajstić information content (AvgIpc) is 2.64. The molecule has 0 aliphatic rings. The Morgan fingerprint density at radius 3 is 1.88 bits per heavy atom. The largest absolute Gasteiger partial charge is 0.507 e. The highest BCUT2D eigenvalue weighted by molar-refractivity contribution is 6.10. The fourth-order valence-corrected chi connectivity index (χ4v) is 3.14. The molecule has 124 valence electrons. The van der Waals surface area contributed by atoms with Crippen molar-refractivity contribution in [2.75, 3.05) is 0 Å². The SMILES string of the molecule is Oc1c(O)c(O)c2c(-c3ccc4ccccc4c3)ccc(O)c2c1O. The van der Waals surface area contributed by atoms with Gasteiger partial charge in [-0.25, -0.2) is 0 Å². The molecule has 5 N–H and O–H groups in total. The van der Waals surface area contributed by atoms with E-state index in [9.17, 15) is 25.5 Å². The third kappa shape index (κ3) is 2.10. The number of phenols is 5. The molecule has 0 aliphatic carbocycles. The van der Waals surface area contributed by atoms with Crippen molar-refractivity contribution in [1.82, 2.24) is 0 Å². The van der Waals surface area contributed by atoms with E-state index in [1.165, 1.54) is 6.07 Å². The second-order valence-electron chi connectivity index (χ2n) is 5.84. The van der Waals surface area contributed by atoms with Gasteiger partial charge in [-0.05, 0) is 40.1 Å². The zero-order valence-electron chi connectivity index (χ0n) is 12.9. The van der Waals surface area contributed by atoms with Crippen LogP contribution >= 0.6 is 0 Å². The summed E-state index contributed by atoms with van der Waals surface area (Å²) < 4.78 is 0. The molecule has 4 rings (SSSR count). The molecule has 25 heavy (non-hydrogen) atoms. The van der Waals surface area contributed by atoms with Gasteiger partial charge in [0.05, 0.1) is 5.39 Å². The van der Waals surface area contributed by atoms with Gasteiger partial charge in [0.1, 0.15) is 5.75 Å². The molecule has 0 aromatic heterocycles. The first-order valence-corrected chi connectivity index (χ1v) is 7.59. The molecule has 0 spiro atoms. The summed E-state index contributed by atoms with van der Waals surface area (Å²) in [5.74, 6) is -3.33. The summed E-state index contributed by atoms with van der Waals surface area (Å²) in [4.78, 5) is 0. The van der Waals surface area contributed by atoms with Crippen molar-refractivity contribution in [3.63, 3.8) is 0 Å². The van der Waals surface area contributed by atoms with Gasteiger partial charge in [-0.2, -0.15) is 0 Å². The van der Waals surface area contributed by atoms with Crippen molar-refractivity contribution in [1.29, 1.82) is 0 Å². The zero-order chi connectivity index (χ0) is 17.7. The van der Waals surface area contributed by atoms with Crippen LogP contribution in [-0.4, -0.2) is 25.5 Å². The molecular formula is C20H14O5. The monoisotopic (exact) mass is 334 g/mol. The lowest BCUT2D eigenvalue weighted by molar-refractivity contribution is 0.350. The van der Waals surface area contributed by atoms with E-state index >= 15 is 0 Å². The van der Waals surface area contributed by atoms with Crippen LogP contribution < -0.4 is 0 Å². The van der Waals surface area contributed by atoms with E-state index in [0.717, 1.165) is 16.3 Å². The van der Waals surface area contributed by atoms with Gasteiger partial charge >= 0.3 is 0 Å². The van der Waals surface area contributed by atoms with Crippen LogP contribution in [0.2, 0.25) is 0 Å². The number of phenolic OH excluding ortho intramolecular Hbond substituents is 5. The molecule has 0 heterocycles. The summed E-state index contributed by atoms with van der Waals surface area (Å²) in [6, 6.07) is 16.4. The van der Waals surface area contributed by atoms with Gasteiger partial charge in [0.15, 0.2) is 11.5 Å². The van der Waals surface area contributed by atoms with Gasteiger partial charge in [-0.1, -0.05) is 36.4 Å². The molecule has 0 saturated heterocycles. The van der Waals surface area contributed by atoms with Gasteiger partial charge < -0.3 is 25.5 Å². The maximum atomic E-state index is 10.3. The van der Waals surface area contributed by atoms with Gasteiger partial charge in [-0.15, -0.1) is 0 Å². The van der Waals surface area contributed by atoms with Crippen LogP contribution in [0.4, 0.5) is 0 Å². The Balaban J connectivity index is 2.13. The van der Waals surface area contributed by atoms with Crippen molar-refractivity contribution in [3.05, 3.63) is 54.6 Å². The van der Waals surface area contributed by atoms with Gasteiger partial charge in [0.2, 0.25) is 11.5 Å². The number of benzene rings is 4. The maximum Gasteiger partial charge on any atom is 0.205 e. The van der Waals surface area contributed by atoms with E-state index in [0.29, 0.717) is 5.56 Å². The molecule has 5 nitrogen and oxygen atoms in total. The standard InChI is InChI=1S/C20H14O5/c21-14-8-7-13(12-6-5-10-3-1-2-4-11(10)9-12)15-16(14)18(23)20(25)19(24)17(15)22/h1-9,21-25H. The number of hydrogen-bond donors (Lipinski definition) is 5. The van der Waals surface area contributed by atoms with Crippen LogP contribution in [-0.2, 0) is 0 Å². The molecule has 4 aromatic carbocycles. The Labute approximate surface area is 142 Å². The number of aromatic hydroxyl groups is 5. The van der Waals surface area contributed by atoms with Crippen LogP contribution in [0.15, 0.2) is 54.6 Å². The Hall–Kier alpha value is -3.60. The molecular weight excluding hydrogens is 320 g/mol. The lowest BCUT2D eigenvalue weighted by Gasteiger charge is -2.14. The van der Waals surface area contributed by atoms with E-state index in [1.807, 2.05) is 42.5 Å². The first-order chi connectivity index (χ1) is 12.0. The van der Waals surface area contributed by atoms with E-state index in [1.54, 1.807) is 6.07 Å². The molecule has 0 atom stereocenters. The van der Waals surface area contributed by atoms with E-state index in [4.69, 9.17) is 0 Å². The van der Waals surface area contributed by atoms with Gasteiger partial charge in [-0.3, -0.25) is 0 Å². The molecule has 0 bridgehead atoms. The molecule has 4 aromatic rings. The fraction of sp³-hybridized carbons (Fsp3) is 0. The predicted molar refractivity (Wildman–Crippen MR) is 95.2 cm³/mol. The number of rotatable bonds is 1. The highest BCUT2D eigenvalue weighted by Gasteiger charge is 2.23. The Bertz CT molecular complexity index is 1150. The molecule has 0 aliphatic heterocycles. The highest BCUT2D eigenvalue weighted by Crippen LogP contribution is 2.53. The number of fused-ring (bicyclic) bond motifs is 2. The second kappa shape index (κ2) is 5.21. The van der Waals surface area contributed by atoms with E-state index in [-0.39, 0.29) is 16.5 Å². The molecule has 0 amide bonds. The van der Waals surface area contributed by atoms with Crippen LogP contribution in [0.5, 0.6) is 28.7 Å². The number of hydrogen-bond acceptors (Lipinski definition) is 5. The molecule has 5 heteroatoms. The average molecular weight is 334 g/mol. The Kier molecular flexibility index (Phi) is 3.12. The Morgan fingerprint density at radius 1 is 0.520 bits per heavy atom. The highest BCUT2D eigenvalue weighted by atomic mass is 16.3. The van der Waals surface area contributed by atoms with Crippen LogP contribution in [0.25, 0.3) is 32.7 Å². The second-order valence-corrected chi connectivity index (χ2v) is 5.84. The topological polar surface area (TPSA) is 101 Å². The molecule has 0 saturated carbocycles. The minimum absolute atomic E-state index is 0.0584. The Morgan fingerprint density at radius 2 is 1.16 bits per heavy atom. The fourth-order valence-electron chi connectivity index (χ4n) is 3.14. The quantitative estimate of drug-likeness (QED) is 0.265. The third-order valence-electron chi connectivity index (χ3n) is 4.39. The summed E-state index contributed by atoms with van der Waals surface area (Å²) >= 11 is 0. The van der Waals surface area contributed by atoms with Crippen molar-refractivity contribution in [2.45, 2.75) is 0 Å². The molecule has 0 unspecified atom stereocenters. The zero-order valence-corrected chi connectivity index (χ0v) is 12.9. The first kappa shape index (κ1) is 15.0. The van der Waals surface area contributed by atoms with Crippen LogP contribution in [0.3, 0.4) is 0 Å². The van der Waals surface area contributed by atoms with Crippen molar-refractivity contribution in [3.8, 4) is 39.9 Å². The third-order valence-corrected chi connectivity index (χ3v) is 4.39. The van der Waals surface area contributed by atoms with E-state index < -0.39 is 23.0 Å². The molecule has 0 radical (unpaired) electrons. The summed E-state index contributed by atoms with van der Waals surface area (Å²) in [7, 11) is 0. The molecule has 0 fully saturated rings. The minimum Gasteiger partial charge on any atom is -0.507 e. The summed E-state index contributed by atoms with van der Waals surface area (Å²) in [5.41, 5.74) is 1.23. The minimum atomic E-state index is -0.879. The lowest BCUT2D eigenvalue weighted by Crippen LogP contribution is -1.86. The van der Waals surface area contributed by atoms with Crippen LogP contribution in [0, 0.1) is 0 Å². The van der Waals surface area contributed by atoms with E-state index in [2.05, 4.69) is 0 Å². The summed E-state index contributed by atoms with van der Waals surface area (Å²) in [5, 5.41) is 52.1. The first-order valence-electron chi connectivity index (χ1n) is 7.59. The van der Waals surface area contributed by atoms with Crippen molar-refractivity contribution < 1.29 is 25.5 Å².